The third-order valence-corrected chi connectivity index (χ3v) is 3.48. The normalized spacial score (nSPS) is 15.6. The lowest BCUT2D eigenvalue weighted by Crippen LogP contribution is -2.41. The maximum atomic E-state index is 8.97. The van der Waals surface area contributed by atoms with Gasteiger partial charge >= 0.3 is 0 Å². The molecule has 1 saturated carbocycles. The van der Waals surface area contributed by atoms with Gasteiger partial charge in [0.2, 0.25) is 0 Å². The minimum atomic E-state index is 0.233. The highest BCUT2D eigenvalue weighted by Crippen LogP contribution is 2.29. The van der Waals surface area contributed by atoms with Crippen molar-refractivity contribution in [3.05, 3.63) is 17.8 Å². The molecule has 0 aliphatic heterocycles. The van der Waals surface area contributed by atoms with E-state index >= 15 is 0 Å². The van der Waals surface area contributed by atoms with Crippen LogP contribution in [0.15, 0.2) is 12.1 Å². The number of hydrogen-bond donors (Lipinski definition) is 2. The summed E-state index contributed by atoms with van der Waals surface area (Å²) in [5.74, 6) is 0.995. The Labute approximate surface area is 102 Å². The molecule has 0 bridgehead atoms. The lowest BCUT2D eigenvalue weighted by atomic mass is 9.91. The number of anilines is 2. The fourth-order valence-corrected chi connectivity index (χ4v) is 2.14. The minimum Gasteiger partial charge on any atom is -0.397 e. The Balaban J connectivity index is 2.15. The van der Waals surface area contributed by atoms with Gasteiger partial charge in [-0.2, -0.15) is 0 Å². The molecule has 1 aromatic heterocycles. The van der Waals surface area contributed by atoms with E-state index in [1.54, 1.807) is 0 Å². The molecular weight excluding hydrogens is 214 g/mol. The monoisotopic (exact) mass is 235 g/mol. The maximum absolute atomic E-state index is 8.97. The van der Waals surface area contributed by atoms with E-state index in [0.717, 1.165) is 30.2 Å². The van der Waals surface area contributed by atoms with E-state index in [1.807, 2.05) is 19.1 Å². The van der Waals surface area contributed by atoms with E-state index in [2.05, 4.69) is 9.88 Å². The van der Waals surface area contributed by atoms with Gasteiger partial charge in [-0.15, -0.1) is 0 Å². The number of aromatic nitrogens is 1. The van der Waals surface area contributed by atoms with Gasteiger partial charge in [-0.1, -0.05) is 0 Å². The first-order valence-corrected chi connectivity index (χ1v) is 6.33. The quantitative estimate of drug-likeness (QED) is 0.815. The van der Waals surface area contributed by atoms with Crippen LogP contribution in [-0.2, 0) is 0 Å². The molecule has 94 valence electrons. The Bertz CT molecular complexity index is 377. The average molecular weight is 235 g/mol. The Morgan fingerprint density at radius 3 is 2.76 bits per heavy atom. The van der Waals surface area contributed by atoms with Gasteiger partial charge in [0.1, 0.15) is 5.82 Å². The number of hydrogen-bond acceptors (Lipinski definition) is 4. The van der Waals surface area contributed by atoms with Gasteiger partial charge in [-0.25, -0.2) is 4.98 Å². The molecule has 1 heterocycles. The van der Waals surface area contributed by atoms with Gasteiger partial charge in [-0.3, -0.25) is 0 Å². The van der Waals surface area contributed by atoms with E-state index in [4.69, 9.17) is 10.8 Å². The topological polar surface area (TPSA) is 62.4 Å². The molecule has 0 radical (unpaired) electrons. The summed E-state index contributed by atoms with van der Waals surface area (Å²) in [7, 11) is 0. The maximum Gasteiger partial charge on any atom is 0.129 e. The summed E-state index contributed by atoms with van der Waals surface area (Å²) in [5, 5.41) is 8.97. The van der Waals surface area contributed by atoms with Crippen molar-refractivity contribution in [3.63, 3.8) is 0 Å². The van der Waals surface area contributed by atoms with Crippen LogP contribution in [0.5, 0.6) is 0 Å². The second-order valence-electron chi connectivity index (χ2n) is 4.70. The van der Waals surface area contributed by atoms with Gasteiger partial charge in [0.15, 0.2) is 0 Å². The Morgan fingerprint density at radius 2 is 2.24 bits per heavy atom. The van der Waals surface area contributed by atoms with Crippen molar-refractivity contribution in [1.82, 2.24) is 4.98 Å². The summed E-state index contributed by atoms with van der Waals surface area (Å²) in [5.41, 5.74) is 7.42. The lowest BCUT2D eigenvalue weighted by Gasteiger charge is -2.38. The molecule has 1 fully saturated rings. The summed E-state index contributed by atoms with van der Waals surface area (Å²) in [4.78, 5) is 6.86. The molecule has 0 atom stereocenters. The first kappa shape index (κ1) is 12.2. The van der Waals surface area contributed by atoms with Crippen LogP contribution < -0.4 is 10.6 Å². The molecule has 2 rings (SSSR count). The average Bonchev–Trinajstić information content (AvgIpc) is 2.25. The number of pyridine rings is 1. The first-order chi connectivity index (χ1) is 8.22. The minimum absolute atomic E-state index is 0.233. The molecule has 0 amide bonds. The molecule has 4 heteroatoms. The zero-order chi connectivity index (χ0) is 12.3. The van der Waals surface area contributed by atoms with E-state index in [-0.39, 0.29) is 6.61 Å². The van der Waals surface area contributed by atoms with Crippen LogP contribution in [0.2, 0.25) is 0 Å². The van der Waals surface area contributed by atoms with E-state index in [9.17, 15) is 0 Å². The predicted molar refractivity (Wildman–Crippen MR) is 70.1 cm³/mol. The van der Waals surface area contributed by atoms with Crippen molar-refractivity contribution >= 4 is 11.5 Å². The molecular formula is C13H21N3O. The fraction of sp³-hybridized carbons (Fsp3) is 0.615. The van der Waals surface area contributed by atoms with Crippen LogP contribution in [-0.4, -0.2) is 29.3 Å². The number of nitrogen functional groups attached to an aromatic ring is 1. The summed E-state index contributed by atoms with van der Waals surface area (Å²) >= 11 is 0. The van der Waals surface area contributed by atoms with Crippen LogP contribution in [0.4, 0.5) is 11.5 Å². The number of nitrogens with two attached hydrogens (primary N) is 1. The van der Waals surface area contributed by atoms with E-state index in [1.165, 1.54) is 19.3 Å². The van der Waals surface area contributed by atoms with Gasteiger partial charge in [0.05, 0.1) is 11.4 Å². The van der Waals surface area contributed by atoms with Crippen molar-refractivity contribution in [2.75, 3.05) is 23.8 Å². The summed E-state index contributed by atoms with van der Waals surface area (Å²) in [6.07, 6.45) is 4.56. The largest absolute Gasteiger partial charge is 0.397 e. The molecule has 1 aliphatic carbocycles. The number of rotatable bonds is 5. The number of aryl methyl sites for hydroxylation is 1. The van der Waals surface area contributed by atoms with Gasteiger partial charge in [0.25, 0.3) is 0 Å². The van der Waals surface area contributed by atoms with Crippen LogP contribution in [0, 0.1) is 6.92 Å². The van der Waals surface area contributed by atoms with Crippen LogP contribution >= 0.6 is 0 Å². The molecule has 17 heavy (non-hydrogen) atoms. The van der Waals surface area contributed by atoms with Crippen molar-refractivity contribution in [3.8, 4) is 0 Å². The Hall–Kier alpha value is -1.29. The summed E-state index contributed by atoms with van der Waals surface area (Å²) in [6.45, 7) is 3.04. The van der Waals surface area contributed by atoms with E-state index < -0.39 is 0 Å². The highest BCUT2D eigenvalue weighted by molar-refractivity contribution is 5.51. The number of aliphatic hydroxyl groups excluding tert-OH is 1. The van der Waals surface area contributed by atoms with E-state index in [0.29, 0.717) is 6.04 Å². The van der Waals surface area contributed by atoms with Gasteiger partial charge in [0, 0.05) is 19.2 Å². The molecule has 3 N–H and O–H groups in total. The Kier molecular flexibility index (Phi) is 3.84. The first-order valence-electron chi connectivity index (χ1n) is 6.33. The second-order valence-corrected chi connectivity index (χ2v) is 4.70. The predicted octanol–water partition coefficient (Wildman–Crippen LogP) is 1.71. The standard InChI is InChI=1S/C13H21N3O/c1-10-12(14)6-7-13(15-10)16(8-3-9-17)11-4-2-5-11/h6-7,11,17H,2-5,8-9,14H2,1H3. The van der Waals surface area contributed by atoms with Crippen LogP contribution in [0.1, 0.15) is 31.4 Å². The number of aliphatic hydroxyl groups is 1. The smallest absolute Gasteiger partial charge is 0.129 e. The van der Waals surface area contributed by atoms with Crippen molar-refractivity contribution in [1.29, 1.82) is 0 Å². The van der Waals surface area contributed by atoms with Crippen molar-refractivity contribution in [2.24, 2.45) is 0 Å². The Morgan fingerprint density at radius 1 is 1.47 bits per heavy atom. The van der Waals surface area contributed by atoms with Gasteiger partial charge < -0.3 is 15.7 Å². The number of nitrogens with zero attached hydrogens (tertiary/aromatic N) is 2. The van der Waals surface area contributed by atoms with Crippen molar-refractivity contribution < 1.29 is 5.11 Å². The molecule has 0 spiro atoms. The van der Waals surface area contributed by atoms with Crippen molar-refractivity contribution in [2.45, 2.75) is 38.6 Å². The highest BCUT2D eigenvalue weighted by atomic mass is 16.3. The molecule has 0 unspecified atom stereocenters. The SMILES string of the molecule is Cc1nc(N(CCCO)C2CCC2)ccc1N. The summed E-state index contributed by atoms with van der Waals surface area (Å²) in [6, 6.07) is 4.50. The zero-order valence-electron chi connectivity index (χ0n) is 10.4. The summed E-state index contributed by atoms with van der Waals surface area (Å²) < 4.78 is 0. The van der Waals surface area contributed by atoms with Gasteiger partial charge in [-0.05, 0) is 44.7 Å². The molecule has 1 aliphatic rings. The fourth-order valence-electron chi connectivity index (χ4n) is 2.14. The highest BCUT2D eigenvalue weighted by Gasteiger charge is 2.25. The van der Waals surface area contributed by atoms with Crippen LogP contribution in [0.25, 0.3) is 0 Å². The molecule has 4 nitrogen and oxygen atoms in total. The second kappa shape index (κ2) is 5.36. The lowest BCUT2D eigenvalue weighted by molar-refractivity contribution is 0.282. The zero-order valence-corrected chi connectivity index (χ0v) is 10.4. The molecule has 1 aromatic rings. The molecule has 0 aromatic carbocycles. The third-order valence-electron chi connectivity index (χ3n) is 3.48. The molecule has 0 saturated heterocycles. The van der Waals surface area contributed by atoms with Crippen LogP contribution in [0.3, 0.4) is 0 Å². The third kappa shape index (κ3) is 2.69.